The molecule has 1 aliphatic rings. The summed E-state index contributed by atoms with van der Waals surface area (Å²) in [5, 5.41) is 9.16. The number of benzene rings is 1. The van der Waals surface area contributed by atoms with Gasteiger partial charge in [-0.1, -0.05) is 15.9 Å². The maximum atomic E-state index is 12.5. The van der Waals surface area contributed by atoms with Crippen molar-refractivity contribution in [2.24, 2.45) is 0 Å². The van der Waals surface area contributed by atoms with E-state index in [0.717, 1.165) is 4.47 Å². The van der Waals surface area contributed by atoms with E-state index in [4.69, 9.17) is 5.11 Å². The number of hydrogen-bond donors (Lipinski definition) is 1. The van der Waals surface area contributed by atoms with Crippen molar-refractivity contribution in [3.05, 3.63) is 39.9 Å². The Labute approximate surface area is 117 Å². The van der Waals surface area contributed by atoms with Crippen LogP contribution >= 0.6 is 15.9 Å². The van der Waals surface area contributed by atoms with Crippen LogP contribution in [0, 0.1) is 0 Å². The van der Waals surface area contributed by atoms with Gasteiger partial charge in [-0.2, -0.15) is 8.78 Å². The smallest absolute Gasteiger partial charge is 0.337 e. The maximum Gasteiger partial charge on any atom is 0.337 e. The van der Waals surface area contributed by atoms with E-state index in [0.29, 0.717) is 18.8 Å². The molecular weight excluding hydrogens is 320 g/mol. The fraction of sp³-hybridized carbons (Fsp3) is 0.308. The lowest BCUT2D eigenvalue weighted by atomic mass is 10.0. The maximum absolute atomic E-state index is 12.5. The first-order valence-corrected chi connectivity index (χ1v) is 6.59. The van der Waals surface area contributed by atoms with Crippen molar-refractivity contribution in [2.75, 3.05) is 18.0 Å². The van der Waals surface area contributed by atoms with Crippen LogP contribution in [0.5, 0.6) is 0 Å². The molecule has 1 aliphatic heterocycles. The van der Waals surface area contributed by atoms with Gasteiger partial charge in [-0.3, -0.25) is 0 Å². The van der Waals surface area contributed by atoms with E-state index in [1.807, 2.05) is 4.90 Å². The minimum atomic E-state index is -1.60. The predicted octanol–water partition coefficient (Wildman–Crippen LogP) is 3.90. The minimum Gasteiger partial charge on any atom is -0.478 e. The molecule has 1 N–H and O–H groups in total. The summed E-state index contributed by atoms with van der Waals surface area (Å²) in [7, 11) is 0. The Hall–Kier alpha value is -1.43. The molecule has 102 valence electrons. The molecule has 0 aromatic heterocycles. The van der Waals surface area contributed by atoms with Crippen LogP contribution in [0.1, 0.15) is 23.2 Å². The Bertz CT molecular complexity index is 531. The third-order valence-corrected chi connectivity index (χ3v) is 3.66. The number of hydrogen-bond acceptors (Lipinski definition) is 2. The van der Waals surface area contributed by atoms with Gasteiger partial charge in [-0.25, -0.2) is 4.79 Å². The fourth-order valence-corrected chi connectivity index (χ4v) is 2.50. The monoisotopic (exact) mass is 331 g/mol. The number of piperidine rings is 1. The van der Waals surface area contributed by atoms with E-state index < -0.39 is 12.0 Å². The van der Waals surface area contributed by atoms with Crippen LogP contribution in [0.3, 0.4) is 0 Å². The van der Waals surface area contributed by atoms with Crippen molar-refractivity contribution in [1.82, 2.24) is 0 Å². The molecular formula is C13H12BrF2NO2. The quantitative estimate of drug-likeness (QED) is 0.893. The third kappa shape index (κ3) is 3.12. The summed E-state index contributed by atoms with van der Waals surface area (Å²) in [4.78, 5) is 13.0. The summed E-state index contributed by atoms with van der Waals surface area (Å²) >= 11 is 3.30. The number of rotatable bonds is 2. The predicted molar refractivity (Wildman–Crippen MR) is 71.8 cm³/mol. The normalized spacial score (nSPS) is 15.5. The van der Waals surface area contributed by atoms with Crippen LogP contribution in [0.15, 0.2) is 34.3 Å². The molecule has 1 heterocycles. The summed E-state index contributed by atoms with van der Waals surface area (Å²) in [5.41, 5.74) is 0.930. The minimum absolute atomic E-state index is 0.170. The van der Waals surface area contributed by atoms with Crippen LogP contribution in [0.25, 0.3) is 0 Å². The average Bonchev–Trinajstić information content (AvgIpc) is 2.38. The number of carbonyl (C=O) groups is 1. The number of carboxylic acid groups (broad SMARTS) is 1. The van der Waals surface area contributed by atoms with Gasteiger partial charge in [0, 0.05) is 17.6 Å². The lowest BCUT2D eigenvalue weighted by Gasteiger charge is -2.31. The van der Waals surface area contributed by atoms with Crippen molar-refractivity contribution < 1.29 is 18.7 Å². The molecule has 0 bridgehead atoms. The fourth-order valence-electron chi connectivity index (χ4n) is 2.15. The van der Waals surface area contributed by atoms with Gasteiger partial charge in [0.1, 0.15) is 0 Å². The standard InChI is InChI=1S/C13H12BrF2NO2/c14-9-1-2-10(13(18)19)11(7-9)17-5-3-8(4-6-17)12(15)16/h1-2,7H,3-6H2,(H,18,19). The molecule has 1 aromatic carbocycles. The van der Waals surface area contributed by atoms with Crippen molar-refractivity contribution in [3.63, 3.8) is 0 Å². The zero-order valence-corrected chi connectivity index (χ0v) is 11.6. The van der Waals surface area contributed by atoms with Gasteiger partial charge in [-0.15, -0.1) is 0 Å². The Morgan fingerprint density at radius 1 is 1.26 bits per heavy atom. The number of aromatic carboxylic acids is 1. The Morgan fingerprint density at radius 2 is 1.89 bits per heavy atom. The largest absolute Gasteiger partial charge is 0.478 e. The van der Waals surface area contributed by atoms with Crippen LogP contribution in [0.2, 0.25) is 0 Å². The summed E-state index contributed by atoms with van der Waals surface area (Å²) in [6.45, 7) is 0.812. The lowest BCUT2D eigenvalue weighted by molar-refractivity contribution is 0.0697. The highest BCUT2D eigenvalue weighted by Crippen LogP contribution is 2.30. The molecule has 1 fully saturated rings. The van der Waals surface area contributed by atoms with Crippen molar-refractivity contribution in [2.45, 2.75) is 12.8 Å². The Morgan fingerprint density at radius 3 is 2.42 bits per heavy atom. The first kappa shape index (κ1) is 14.0. The Balaban J connectivity index is 2.26. The molecule has 0 saturated carbocycles. The van der Waals surface area contributed by atoms with Crippen molar-refractivity contribution >= 4 is 27.6 Å². The van der Waals surface area contributed by atoms with E-state index in [-0.39, 0.29) is 24.0 Å². The Kier molecular flexibility index (Phi) is 4.19. The summed E-state index contributed by atoms with van der Waals surface area (Å²) in [5.74, 6) is -1.01. The topological polar surface area (TPSA) is 40.5 Å². The first-order chi connectivity index (χ1) is 8.99. The molecule has 6 heteroatoms. The molecule has 1 saturated heterocycles. The molecule has 0 unspecified atom stereocenters. The molecule has 19 heavy (non-hydrogen) atoms. The van der Waals surface area contributed by atoms with Gasteiger partial charge >= 0.3 is 5.97 Å². The molecule has 0 spiro atoms. The second-order valence-electron chi connectivity index (χ2n) is 4.32. The van der Waals surface area contributed by atoms with Gasteiger partial charge < -0.3 is 10.0 Å². The van der Waals surface area contributed by atoms with Gasteiger partial charge in [0.05, 0.1) is 11.3 Å². The van der Waals surface area contributed by atoms with E-state index >= 15 is 0 Å². The zero-order chi connectivity index (χ0) is 14.0. The molecule has 0 aliphatic carbocycles. The van der Waals surface area contributed by atoms with E-state index in [1.165, 1.54) is 6.07 Å². The third-order valence-electron chi connectivity index (χ3n) is 3.17. The highest BCUT2D eigenvalue weighted by atomic mass is 79.9. The van der Waals surface area contributed by atoms with E-state index in [1.54, 1.807) is 12.1 Å². The zero-order valence-electron chi connectivity index (χ0n) is 10.00. The second kappa shape index (κ2) is 5.69. The van der Waals surface area contributed by atoms with Crippen LogP contribution in [-0.2, 0) is 0 Å². The highest BCUT2D eigenvalue weighted by molar-refractivity contribution is 9.10. The molecule has 2 rings (SSSR count). The van der Waals surface area contributed by atoms with Crippen molar-refractivity contribution in [3.8, 4) is 0 Å². The van der Waals surface area contributed by atoms with Gasteiger partial charge in [0.25, 0.3) is 6.08 Å². The van der Waals surface area contributed by atoms with E-state index in [9.17, 15) is 13.6 Å². The average molecular weight is 332 g/mol. The summed E-state index contributed by atoms with van der Waals surface area (Å²) < 4.78 is 25.7. The lowest BCUT2D eigenvalue weighted by Crippen LogP contribution is -2.32. The number of halogens is 3. The highest BCUT2D eigenvalue weighted by Gasteiger charge is 2.21. The van der Waals surface area contributed by atoms with E-state index in [2.05, 4.69) is 15.9 Å². The number of carboxylic acids is 1. The van der Waals surface area contributed by atoms with Gasteiger partial charge in [-0.05, 0) is 36.6 Å². The number of nitrogens with zero attached hydrogens (tertiary/aromatic N) is 1. The molecule has 0 amide bonds. The molecule has 0 radical (unpaired) electrons. The summed E-state index contributed by atoms with van der Waals surface area (Å²) in [6.07, 6.45) is -1.06. The van der Waals surface area contributed by atoms with Crippen LogP contribution < -0.4 is 4.90 Å². The van der Waals surface area contributed by atoms with Crippen molar-refractivity contribution in [1.29, 1.82) is 0 Å². The van der Waals surface area contributed by atoms with Gasteiger partial charge in [0.2, 0.25) is 0 Å². The SMILES string of the molecule is O=C(O)c1ccc(Br)cc1N1CCC(=C(F)F)CC1. The molecule has 1 aromatic rings. The number of anilines is 1. The second-order valence-corrected chi connectivity index (χ2v) is 5.23. The van der Waals surface area contributed by atoms with Crippen LogP contribution in [0.4, 0.5) is 14.5 Å². The molecule has 3 nitrogen and oxygen atoms in total. The first-order valence-electron chi connectivity index (χ1n) is 5.80. The van der Waals surface area contributed by atoms with Crippen LogP contribution in [-0.4, -0.2) is 24.2 Å². The van der Waals surface area contributed by atoms with Gasteiger partial charge in [0.15, 0.2) is 0 Å². The molecule has 0 atom stereocenters. The summed E-state index contributed by atoms with van der Waals surface area (Å²) in [6, 6.07) is 4.89.